The number of nitrogens with zero attached hydrogens (tertiary/aromatic N) is 6. The highest BCUT2D eigenvalue weighted by Crippen LogP contribution is 2.12. The molecule has 0 atom stereocenters. The van der Waals surface area contributed by atoms with Gasteiger partial charge >= 0.3 is 5.69 Å². The monoisotopic (exact) mass is 433 g/mol. The summed E-state index contributed by atoms with van der Waals surface area (Å²) in [6.45, 7) is 4.24. The second-order valence-electron chi connectivity index (χ2n) is 7.17. The van der Waals surface area contributed by atoms with E-state index in [9.17, 15) is 18.4 Å². The lowest BCUT2D eigenvalue weighted by molar-refractivity contribution is 0.0398. The summed E-state index contributed by atoms with van der Waals surface area (Å²) >= 11 is 0. The molecule has 1 fully saturated rings. The number of hydrogen-bond acceptors (Lipinski definition) is 8. The molecular weight excluding hydrogens is 412 g/mol. The molecule has 0 aliphatic carbocycles. The number of nitrogens with one attached hydrogen (secondary N) is 1. The van der Waals surface area contributed by atoms with E-state index in [-0.39, 0.29) is 23.7 Å². The van der Waals surface area contributed by atoms with Crippen LogP contribution in [0, 0.1) is 11.6 Å². The summed E-state index contributed by atoms with van der Waals surface area (Å²) in [7, 11) is 1.32. The first-order valence-corrected chi connectivity index (χ1v) is 9.76. The second-order valence-corrected chi connectivity index (χ2v) is 7.17. The van der Waals surface area contributed by atoms with E-state index < -0.39 is 22.9 Å². The third-order valence-electron chi connectivity index (χ3n) is 5.09. The number of morpholine rings is 1. The van der Waals surface area contributed by atoms with Crippen molar-refractivity contribution in [1.82, 2.24) is 29.2 Å². The molecule has 1 aliphatic rings. The van der Waals surface area contributed by atoms with Crippen LogP contribution in [-0.4, -0.2) is 68.6 Å². The van der Waals surface area contributed by atoms with Crippen LogP contribution < -0.4 is 16.6 Å². The number of anilines is 1. The van der Waals surface area contributed by atoms with Gasteiger partial charge < -0.3 is 10.1 Å². The molecule has 2 aromatic heterocycles. The average molecular weight is 433 g/mol. The Labute approximate surface area is 175 Å². The highest BCUT2D eigenvalue weighted by Gasteiger charge is 2.16. The first-order chi connectivity index (χ1) is 14.9. The molecule has 0 unspecified atom stereocenters. The largest absolute Gasteiger partial charge is 0.379 e. The molecule has 3 heterocycles. The van der Waals surface area contributed by atoms with E-state index in [1.165, 1.54) is 13.1 Å². The quantitative estimate of drug-likeness (QED) is 0.577. The van der Waals surface area contributed by atoms with Gasteiger partial charge in [-0.15, -0.1) is 10.2 Å². The van der Waals surface area contributed by atoms with E-state index in [0.717, 1.165) is 40.9 Å². The fourth-order valence-corrected chi connectivity index (χ4v) is 3.35. The minimum absolute atomic E-state index is 0.0310. The molecule has 12 heteroatoms. The molecule has 0 saturated carbocycles. The summed E-state index contributed by atoms with van der Waals surface area (Å²) in [5.41, 5.74) is -1.03. The Kier molecular flexibility index (Phi) is 6.00. The smallest absolute Gasteiger partial charge is 0.332 e. The molecule has 0 spiro atoms. The maximum Gasteiger partial charge on any atom is 0.332 e. The molecule has 31 heavy (non-hydrogen) atoms. The Bertz CT molecular complexity index is 1220. The molecule has 1 aliphatic heterocycles. The van der Waals surface area contributed by atoms with Crippen molar-refractivity contribution in [2.24, 2.45) is 7.05 Å². The third kappa shape index (κ3) is 4.44. The van der Waals surface area contributed by atoms with E-state index >= 15 is 0 Å². The highest BCUT2D eigenvalue weighted by molar-refractivity contribution is 5.69. The number of ether oxygens (including phenoxy) is 1. The predicted molar refractivity (Wildman–Crippen MR) is 108 cm³/mol. The third-order valence-corrected chi connectivity index (χ3v) is 5.09. The fourth-order valence-electron chi connectivity index (χ4n) is 3.35. The minimum atomic E-state index is -1.03. The van der Waals surface area contributed by atoms with Crippen LogP contribution in [0.15, 0.2) is 27.8 Å². The van der Waals surface area contributed by atoms with Crippen LogP contribution in [-0.2, 0) is 18.3 Å². The SMILES string of the molecule is Cn1c(=O)c2nc(NCCN3CCOCC3)nnc2n(Cc2ccc(F)c(F)c2)c1=O. The van der Waals surface area contributed by atoms with E-state index in [1.807, 2.05) is 0 Å². The van der Waals surface area contributed by atoms with E-state index in [0.29, 0.717) is 25.3 Å². The fraction of sp³-hybridized carbons (Fsp3) is 0.421. The van der Waals surface area contributed by atoms with Crippen LogP contribution in [0.4, 0.5) is 14.7 Å². The van der Waals surface area contributed by atoms with Gasteiger partial charge in [-0.3, -0.25) is 18.8 Å². The van der Waals surface area contributed by atoms with Gasteiger partial charge in [-0.1, -0.05) is 6.07 Å². The lowest BCUT2D eigenvalue weighted by Crippen LogP contribution is -2.40. The Morgan fingerprint density at radius 2 is 1.90 bits per heavy atom. The lowest BCUT2D eigenvalue weighted by atomic mass is 10.2. The summed E-state index contributed by atoms with van der Waals surface area (Å²) in [4.78, 5) is 31.7. The van der Waals surface area contributed by atoms with Crippen LogP contribution in [0.3, 0.4) is 0 Å². The number of halogens is 2. The Hall–Kier alpha value is -3.25. The van der Waals surface area contributed by atoms with Crippen molar-refractivity contribution >= 4 is 17.1 Å². The number of hydrogen-bond donors (Lipinski definition) is 1. The zero-order valence-corrected chi connectivity index (χ0v) is 16.8. The molecule has 0 amide bonds. The molecule has 1 aromatic carbocycles. The number of rotatable bonds is 6. The lowest BCUT2D eigenvalue weighted by Gasteiger charge is -2.26. The second kappa shape index (κ2) is 8.86. The predicted octanol–water partition coefficient (Wildman–Crippen LogP) is -0.0442. The van der Waals surface area contributed by atoms with Crippen molar-refractivity contribution in [3.05, 3.63) is 56.2 Å². The molecular formula is C19H21F2N7O3. The Balaban J connectivity index is 1.61. The van der Waals surface area contributed by atoms with Gasteiger partial charge in [0.15, 0.2) is 22.8 Å². The van der Waals surface area contributed by atoms with Crippen LogP contribution in [0.25, 0.3) is 11.2 Å². The Morgan fingerprint density at radius 1 is 1.13 bits per heavy atom. The van der Waals surface area contributed by atoms with Crippen molar-refractivity contribution in [2.45, 2.75) is 6.54 Å². The Morgan fingerprint density at radius 3 is 2.65 bits per heavy atom. The topological polar surface area (TPSA) is 107 Å². The molecule has 0 bridgehead atoms. The van der Waals surface area contributed by atoms with Gasteiger partial charge in [0.1, 0.15) is 0 Å². The van der Waals surface area contributed by atoms with E-state index in [1.54, 1.807) is 0 Å². The van der Waals surface area contributed by atoms with Crippen molar-refractivity contribution in [3.8, 4) is 0 Å². The molecule has 10 nitrogen and oxygen atoms in total. The highest BCUT2D eigenvalue weighted by atomic mass is 19.2. The van der Waals surface area contributed by atoms with Gasteiger partial charge in [0, 0.05) is 33.2 Å². The number of fused-ring (bicyclic) bond motifs is 1. The van der Waals surface area contributed by atoms with E-state index in [2.05, 4.69) is 25.4 Å². The van der Waals surface area contributed by atoms with Crippen molar-refractivity contribution < 1.29 is 13.5 Å². The van der Waals surface area contributed by atoms with Crippen LogP contribution in [0.1, 0.15) is 5.56 Å². The maximum atomic E-state index is 13.6. The molecule has 1 N–H and O–H groups in total. The van der Waals surface area contributed by atoms with Crippen LogP contribution in [0.2, 0.25) is 0 Å². The molecule has 164 valence electrons. The molecule has 4 rings (SSSR count). The van der Waals surface area contributed by atoms with E-state index in [4.69, 9.17) is 4.74 Å². The number of aromatic nitrogens is 5. The van der Waals surface area contributed by atoms with Crippen molar-refractivity contribution in [2.75, 3.05) is 44.7 Å². The van der Waals surface area contributed by atoms with Crippen LogP contribution in [0.5, 0.6) is 0 Å². The van der Waals surface area contributed by atoms with Gasteiger partial charge in [0.25, 0.3) is 5.56 Å². The summed E-state index contributed by atoms with van der Waals surface area (Å²) in [6.07, 6.45) is 0. The van der Waals surface area contributed by atoms with Gasteiger partial charge in [0.2, 0.25) is 5.95 Å². The first-order valence-electron chi connectivity index (χ1n) is 9.76. The zero-order valence-electron chi connectivity index (χ0n) is 16.8. The average Bonchev–Trinajstić information content (AvgIpc) is 2.78. The van der Waals surface area contributed by atoms with Gasteiger partial charge in [-0.25, -0.2) is 18.6 Å². The van der Waals surface area contributed by atoms with Gasteiger partial charge in [-0.2, -0.15) is 0 Å². The normalized spacial score (nSPS) is 14.8. The van der Waals surface area contributed by atoms with Crippen molar-refractivity contribution in [1.29, 1.82) is 0 Å². The molecule has 0 radical (unpaired) electrons. The molecule has 3 aromatic rings. The maximum absolute atomic E-state index is 13.6. The molecule has 1 saturated heterocycles. The standard InChI is InChI=1S/C19H21F2N7O3/c1-26-17(29)15-16(28(19(26)30)11-12-2-3-13(20)14(21)10-12)24-25-18(23-15)22-4-5-27-6-8-31-9-7-27/h2-3,10H,4-9,11H2,1H3,(H,22,23,25). The summed E-state index contributed by atoms with van der Waals surface area (Å²) < 4.78 is 34.1. The van der Waals surface area contributed by atoms with Gasteiger partial charge in [0.05, 0.1) is 19.8 Å². The van der Waals surface area contributed by atoms with Crippen molar-refractivity contribution in [3.63, 3.8) is 0 Å². The summed E-state index contributed by atoms with van der Waals surface area (Å²) in [6, 6.07) is 3.31. The minimum Gasteiger partial charge on any atom is -0.379 e. The van der Waals surface area contributed by atoms with Gasteiger partial charge in [-0.05, 0) is 17.7 Å². The number of benzene rings is 1. The summed E-state index contributed by atoms with van der Waals surface area (Å²) in [5, 5.41) is 11.0. The van der Waals surface area contributed by atoms with Crippen LogP contribution >= 0.6 is 0 Å². The summed E-state index contributed by atoms with van der Waals surface area (Å²) in [5.74, 6) is -1.86. The first kappa shape index (κ1) is 21.0. The zero-order chi connectivity index (χ0) is 22.0.